The average molecular weight is 275 g/mol. The Bertz CT molecular complexity index is 548. The zero-order chi connectivity index (χ0) is 13.3. The van der Waals surface area contributed by atoms with E-state index in [2.05, 4.69) is 14.9 Å². The molecular formula is C8H13N5O4S. The largest absolute Gasteiger partial charge is 0.389 e. The van der Waals surface area contributed by atoms with Gasteiger partial charge in [0, 0.05) is 13.1 Å². The number of hydrogen-bond acceptors (Lipinski definition) is 6. The van der Waals surface area contributed by atoms with E-state index in [1.54, 1.807) is 0 Å². The van der Waals surface area contributed by atoms with Gasteiger partial charge in [0.05, 0.1) is 18.6 Å². The molecule has 1 aromatic heterocycles. The Hall–Kier alpha value is -1.68. The summed E-state index contributed by atoms with van der Waals surface area (Å²) in [5, 5.41) is 16.6. The first-order chi connectivity index (χ1) is 8.33. The molecule has 0 radical (unpaired) electrons. The van der Waals surface area contributed by atoms with E-state index < -0.39 is 16.1 Å². The summed E-state index contributed by atoms with van der Waals surface area (Å²) < 4.78 is 24.0. The van der Waals surface area contributed by atoms with E-state index >= 15 is 0 Å². The van der Waals surface area contributed by atoms with Crippen molar-refractivity contribution in [1.29, 1.82) is 0 Å². The second-order valence-electron chi connectivity index (χ2n) is 4.09. The Morgan fingerprint density at radius 2 is 2.28 bits per heavy atom. The molecule has 1 fully saturated rings. The Morgan fingerprint density at radius 1 is 1.61 bits per heavy atom. The number of aromatic nitrogens is 3. The number of amides is 1. The van der Waals surface area contributed by atoms with Gasteiger partial charge in [0.2, 0.25) is 15.9 Å². The molecule has 0 unspecified atom stereocenters. The predicted molar refractivity (Wildman–Crippen MR) is 61.1 cm³/mol. The van der Waals surface area contributed by atoms with Crippen LogP contribution in [0.1, 0.15) is 0 Å². The molecule has 1 aromatic rings. The molecule has 1 saturated heterocycles. The fraction of sp³-hybridized carbons (Fsp3) is 0.625. The zero-order valence-electron chi connectivity index (χ0n) is 9.65. The third-order valence-corrected chi connectivity index (χ3v) is 2.90. The number of nitrogens with zero attached hydrogens (tertiary/aromatic N) is 4. The summed E-state index contributed by atoms with van der Waals surface area (Å²) in [6.07, 6.45) is 1.76. The number of carbonyl (C=O) groups excluding carboxylic acids is 1. The van der Waals surface area contributed by atoms with Gasteiger partial charge in [-0.25, -0.2) is 8.42 Å². The van der Waals surface area contributed by atoms with Crippen molar-refractivity contribution in [2.75, 3.05) is 24.1 Å². The monoisotopic (exact) mass is 275 g/mol. The molecule has 18 heavy (non-hydrogen) atoms. The van der Waals surface area contributed by atoms with Crippen LogP contribution in [0.15, 0.2) is 6.20 Å². The normalized spacial score (nSPS) is 16.4. The standard InChI is InChI=1S/C8H13N5O4S/c1-18(16,17)11-7-2-9-13(10-7)5-8(15)12-3-6(14)4-12/h2,6,14H,3-5H2,1H3,(H,10,11). The van der Waals surface area contributed by atoms with Crippen LogP contribution in [0, 0.1) is 0 Å². The number of sulfonamides is 1. The van der Waals surface area contributed by atoms with Crippen LogP contribution in [0.4, 0.5) is 5.82 Å². The highest BCUT2D eigenvalue weighted by Crippen LogP contribution is 2.08. The molecule has 1 aliphatic heterocycles. The van der Waals surface area contributed by atoms with Crippen LogP contribution in [0.3, 0.4) is 0 Å². The van der Waals surface area contributed by atoms with Crippen LogP contribution < -0.4 is 4.72 Å². The van der Waals surface area contributed by atoms with E-state index in [9.17, 15) is 13.2 Å². The van der Waals surface area contributed by atoms with Gasteiger partial charge in [-0.3, -0.25) is 9.52 Å². The van der Waals surface area contributed by atoms with E-state index in [1.165, 1.54) is 11.1 Å². The lowest BCUT2D eigenvalue weighted by Crippen LogP contribution is -2.54. The van der Waals surface area contributed by atoms with Crippen molar-refractivity contribution < 1.29 is 18.3 Å². The number of anilines is 1. The lowest BCUT2D eigenvalue weighted by Gasteiger charge is -2.35. The minimum Gasteiger partial charge on any atom is -0.389 e. The third kappa shape index (κ3) is 3.17. The minimum absolute atomic E-state index is 0.0638. The summed E-state index contributed by atoms with van der Waals surface area (Å²) in [5.41, 5.74) is 0. The van der Waals surface area contributed by atoms with Crippen LogP contribution in [0.2, 0.25) is 0 Å². The molecule has 2 heterocycles. The predicted octanol–water partition coefficient (Wildman–Crippen LogP) is -2.15. The summed E-state index contributed by atoms with van der Waals surface area (Å²) >= 11 is 0. The van der Waals surface area contributed by atoms with Gasteiger partial charge in [-0.15, -0.1) is 5.10 Å². The Balaban J connectivity index is 1.92. The molecule has 2 N–H and O–H groups in total. The Labute approximate surface area is 103 Å². The lowest BCUT2D eigenvalue weighted by atomic mass is 10.2. The maximum atomic E-state index is 11.6. The number of nitrogens with one attached hydrogen (secondary N) is 1. The van der Waals surface area contributed by atoms with Crippen molar-refractivity contribution >= 4 is 21.7 Å². The highest BCUT2D eigenvalue weighted by Gasteiger charge is 2.28. The molecule has 1 aliphatic rings. The average Bonchev–Trinajstić information content (AvgIpc) is 2.57. The molecule has 0 saturated carbocycles. The van der Waals surface area contributed by atoms with E-state index in [4.69, 9.17) is 5.11 Å². The third-order valence-electron chi connectivity index (χ3n) is 2.32. The summed E-state index contributed by atoms with van der Waals surface area (Å²) in [7, 11) is -3.40. The minimum atomic E-state index is -3.40. The van der Waals surface area contributed by atoms with Gasteiger partial charge >= 0.3 is 0 Å². The fourth-order valence-electron chi connectivity index (χ4n) is 1.49. The maximum absolute atomic E-state index is 11.6. The molecule has 0 atom stereocenters. The van der Waals surface area contributed by atoms with Gasteiger partial charge in [0.1, 0.15) is 6.54 Å². The first-order valence-corrected chi connectivity index (χ1v) is 7.06. The highest BCUT2D eigenvalue weighted by molar-refractivity contribution is 7.92. The van der Waals surface area contributed by atoms with Gasteiger partial charge in [0.25, 0.3) is 0 Å². The highest BCUT2D eigenvalue weighted by atomic mass is 32.2. The van der Waals surface area contributed by atoms with Crippen molar-refractivity contribution in [3.8, 4) is 0 Å². The second-order valence-corrected chi connectivity index (χ2v) is 5.84. The van der Waals surface area contributed by atoms with E-state index in [1.807, 2.05) is 0 Å². The van der Waals surface area contributed by atoms with Crippen LogP contribution >= 0.6 is 0 Å². The first-order valence-electron chi connectivity index (χ1n) is 5.17. The molecule has 2 rings (SSSR count). The molecule has 10 heteroatoms. The van der Waals surface area contributed by atoms with Crippen LogP contribution in [-0.2, 0) is 21.4 Å². The molecule has 0 bridgehead atoms. The van der Waals surface area contributed by atoms with Crippen LogP contribution in [-0.4, -0.2) is 64.8 Å². The summed E-state index contributed by atoms with van der Waals surface area (Å²) in [6.45, 7) is 0.543. The summed E-state index contributed by atoms with van der Waals surface area (Å²) in [4.78, 5) is 14.2. The Kier molecular flexibility index (Phi) is 3.22. The van der Waals surface area contributed by atoms with Crippen molar-refractivity contribution in [2.24, 2.45) is 0 Å². The number of carbonyl (C=O) groups is 1. The number of aliphatic hydroxyl groups is 1. The van der Waals surface area contributed by atoms with Gasteiger partial charge in [0.15, 0.2) is 5.82 Å². The van der Waals surface area contributed by atoms with E-state index in [-0.39, 0.29) is 18.3 Å². The number of likely N-dealkylation sites (tertiary alicyclic amines) is 1. The van der Waals surface area contributed by atoms with Gasteiger partial charge in [-0.2, -0.15) is 9.90 Å². The summed E-state index contributed by atoms with van der Waals surface area (Å²) in [6, 6.07) is 0. The zero-order valence-corrected chi connectivity index (χ0v) is 10.5. The first kappa shape index (κ1) is 12.8. The van der Waals surface area contributed by atoms with Gasteiger partial charge < -0.3 is 10.0 Å². The van der Waals surface area contributed by atoms with Gasteiger partial charge in [-0.1, -0.05) is 0 Å². The fourth-order valence-corrected chi connectivity index (χ4v) is 1.96. The SMILES string of the molecule is CS(=O)(=O)Nc1cnn(CC(=O)N2CC(O)C2)n1. The van der Waals surface area contributed by atoms with Crippen molar-refractivity contribution in [3.05, 3.63) is 6.20 Å². The number of β-amino-alcohol motifs (C(OH)–C–C–N with tert-alkyl or cyclic N) is 1. The van der Waals surface area contributed by atoms with Crippen molar-refractivity contribution in [3.63, 3.8) is 0 Å². The maximum Gasteiger partial charge on any atom is 0.246 e. The quantitative estimate of drug-likeness (QED) is 0.647. The lowest BCUT2D eigenvalue weighted by molar-refractivity contribution is -0.142. The molecule has 9 nitrogen and oxygen atoms in total. The van der Waals surface area contributed by atoms with Gasteiger partial charge in [-0.05, 0) is 0 Å². The molecular weight excluding hydrogens is 262 g/mol. The summed E-state index contributed by atoms with van der Waals surface area (Å²) in [5.74, 6) is -0.157. The molecule has 0 aromatic carbocycles. The molecule has 100 valence electrons. The smallest absolute Gasteiger partial charge is 0.246 e. The topological polar surface area (TPSA) is 117 Å². The van der Waals surface area contributed by atoms with E-state index in [0.717, 1.165) is 11.1 Å². The van der Waals surface area contributed by atoms with E-state index in [0.29, 0.717) is 13.1 Å². The molecule has 1 amide bonds. The number of hydrogen-bond donors (Lipinski definition) is 2. The number of rotatable bonds is 4. The Morgan fingerprint density at radius 3 is 2.83 bits per heavy atom. The van der Waals surface area contributed by atoms with Crippen molar-refractivity contribution in [1.82, 2.24) is 19.9 Å². The number of aliphatic hydroxyl groups excluding tert-OH is 1. The van der Waals surface area contributed by atoms with Crippen LogP contribution in [0.25, 0.3) is 0 Å². The second kappa shape index (κ2) is 4.53. The van der Waals surface area contributed by atoms with Crippen molar-refractivity contribution in [2.45, 2.75) is 12.6 Å². The van der Waals surface area contributed by atoms with Crippen LogP contribution in [0.5, 0.6) is 0 Å². The molecule has 0 spiro atoms. The molecule has 0 aliphatic carbocycles.